The highest BCUT2D eigenvalue weighted by molar-refractivity contribution is 5.51. The van der Waals surface area contributed by atoms with Crippen molar-refractivity contribution in [2.24, 2.45) is 0 Å². The fourth-order valence-electron chi connectivity index (χ4n) is 3.72. The first-order chi connectivity index (χ1) is 12.2. The van der Waals surface area contributed by atoms with Gasteiger partial charge in [-0.25, -0.2) is 9.97 Å². The molecule has 0 aromatic carbocycles. The van der Waals surface area contributed by atoms with Gasteiger partial charge in [-0.1, -0.05) is 19.0 Å². The molecule has 4 rings (SSSR count). The third-order valence-corrected chi connectivity index (χ3v) is 5.11. The van der Waals surface area contributed by atoms with Crippen molar-refractivity contribution in [3.8, 4) is 0 Å². The summed E-state index contributed by atoms with van der Waals surface area (Å²) < 4.78 is 5.41. The van der Waals surface area contributed by atoms with Gasteiger partial charge in [0.25, 0.3) is 0 Å². The zero-order valence-corrected chi connectivity index (χ0v) is 15.1. The van der Waals surface area contributed by atoms with Crippen LogP contribution < -0.4 is 9.80 Å². The largest absolute Gasteiger partial charge is 0.356 e. The standard InChI is InChI=1S/C18H26N6O/c1-13(2)18-21-17(22-25-18)14-7-6-10-24(14)16-11-15(19-12-20-16)23-8-4-3-5-9-23/h11-14H,3-10H2,1-2H3. The Morgan fingerprint density at radius 3 is 2.60 bits per heavy atom. The van der Waals surface area contributed by atoms with Gasteiger partial charge in [0.05, 0.1) is 6.04 Å². The van der Waals surface area contributed by atoms with E-state index in [1.165, 1.54) is 19.3 Å². The minimum Gasteiger partial charge on any atom is -0.356 e. The molecule has 25 heavy (non-hydrogen) atoms. The lowest BCUT2D eigenvalue weighted by Gasteiger charge is -2.29. The molecule has 7 heteroatoms. The highest BCUT2D eigenvalue weighted by Gasteiger charge is 2.31. The number of hydrogen-bond donors (Lipinski definition) is 0. The van der Waals surface area contributed by atoms with Crippen LogP contribution in [0.1, 0.15) is 69.6 Å². The Balaban J connectivity index is 1.57. The molecule has 0 aliphatic carbocycles. The second kappa shape index (κ2) is 6.98. The fraction of sp³-hybridized carbons (Fsp3) is 0.667. The summed E-state index contributed by atoms with van der Waals surface area (Å²) in [6.45, 7) is 7.27. The van der Waals surface area contributed by atoms with E-state index in [0.29, 0.717) is 5.89 Å². The predicted molar refractivity (Wildman–Crippen MR) is 95.8 cm³/mol. The summed E-state index contributed by atoms with van der Waals surface area (Å²) in [5.74, 6) is 3.74. The predicted octanol–water partition coefficient (Wildman–Crippen LogP) is 3.31. The minimum atomic E-state index is 0.139. The van der Waals surface area contributed by atoms with Crippen LogP contribution in [0, 0.1) is 0 Å². The zero-order valence-electron chi connectivity index (χ0n) is 15.1. The van der Waals surface area contributed by atoms with Gasteiger partial charge in [-0.2, -0.15) is 4.98 Å². The fourth-order valence-corrected chi connectivity index (χ4v) is 3.72. The molecule has 1 atom stereocenters. The molecule has 134 valence electrons. The maximum Gasteiger partial charge on any atom is 0.229 e. The maximum atomic E-state index is 5.41. The van der Waals surface area contributed by atoms with Crippen molar-refractivity contribution in [3.63, 3.8) is 0 Å². The number of anilines is 2. The van der Waals surface area contributed by atoms with Crippen LogP contribution >= 0.6 is 0 Å². The summed E-state index contributed by atoms with van der Waals surface area (Å²) in [5, 5.41) is 4.23. The van der Waals surface area contributed by atoms with Crippen LogP contribution in [-0.2, 0) is 0 Å². The van der Waals surface area contributed by atoms with E-state index in [1.807, 2.05) is 0 Å². The monoisotopic (exact) mass is 342 g/mol. The van der Waals surface area contributed by atoms with Gasteiger partial charge in [0.1, 0.15) is 18.0 Å². The van der Waals surface area contributed by atoms with Gasteiger partial charge in [-0.05, 0) is 32.1 Å². The van der Waals surface area contributed by atoms with E-state index >= 15 is 0 Å². The Bertz CT molecular complexity index is 709. The zero-order chi connectivity index (χ0) is 17.2. The average Bonchev–Trinajstić information content (AvgIpc) is 3.32. The SMILES string of the molecule is CC(C)c1nc(C2CCCN2c2cc(N3CCCCC3)ncn2)no1. The molecule has 0 saturated carbocycles. The van der Waals surface area contributed by atoms with Crippen molar-refractivity contribution in [3.05, 3.63) is 24.1 Å². The summed E-state index contributed by atoms with van der Waals surface area (Å²) >= 11 is 0. The molecule has 0 spiro atoms. The molecule has 2 aromatic rings. The molecule has 2 saturated heterocycles. The summed E-state index contributed by atoms with van der Waals surface area (Å²) in [6, 6.07) is 2.26. The Hall–Kier alpha value is -2.18. The van der Waals surface area contributed by atoms with Gasteiger partial charge >= 0.3 is 0 Å². The first-order valence-corrected chi connectivity index (χ1v) is 9.39. The highest BCUT2D eigenvalue weighted by Crippen LogP contribution is 2.35. The number of rotatable bonds is 4. The van der Waals surface area contributed by atoms with E-state index in [-0.39, 0.29) is 12.0 Å². The van der Waals surface area contributed by atoms with Crippen LogP contribution in [0.5, 0.6) is 0 Å². The van der Waals surface area contributed by atoms with E-state index < -0.39 is 0 Å². The maximum absolute atomic E-state index is 5.41. The second-order valence-electron chi connectivity index (χ2n) is 7.28. The first kappa shape index (κ1) is 16.3. The van der Waals surface area contributed by atoms with Crippen molar-refractivity contribution in [1.82, 2.24) is 20.1 Å². The topological polar surface area (TPSA) is 71.2 Å². The Kier molecular flexibility index (Phi) is 4.55. The van der Waals surface area contributed by atoms with Crippen LogP contribution in [0.15, 0.2) is 16.9 Å². The number of hydrogen-bond acceptors (Lipinski definition) is 7. The number of aromatic nitrogens is 4. The smallest absolute Gasteiger partial charge is 0.229 e. The first-order valence-electron chi connectivity index (χ1n) is 9.39. The molecule has 2 fully saturated rings. The van der Waals surface area contributed by atoms with Crippen LogP contribution in [0.2, 0.25) is 0 Å². The average molecular weight is 342 g/mol. The highest BCUT2D eigenvalue weighted by atomic mass is 16.5. The number of nitrogens with zero attached hydrogens (tertiary/aromatic N) is 6. The molecule has 4 heterocycles. The van der Waals surface area contributed by atoms with Gasteiger partial charge in [0.15, 0.2) is 5.82 Å². The molecule has 0 radical (unpaired) electrons. The van der Waals surface area contributed by atoms with E-state index in [9.17, 15) is 0 Å². The van der Waals surface area contributed by atoms with Gasteiger partial charge in [-0.3, -0.25) is 0 Å². The molecule has 0 amide bonds. The summed E-state index contributed by atoms with van der Waals surface area (Å²) in [5.41, 5.74) is 0. The molecule has 2 aromatic heterocycles. The van der Waals surface area contributed by atoms with Gasteiger partial charge < -0.3 is 14.3 Å². The molecule has 0 bridgehead atoms. The Morgan fingerprint density at radius 2 is 1.84 bits per heavy atom. The van der Waals surface area contributed by atoms with E-state index in [0.717, 1.165) is 49.9 Å². The molecule has 2 aliphatic rings. The lowest BCUT2D eigenvalue weighted by atomic mass is 10.1. The van der Waals surface area contributed by atoms with Crippen molar-refractivity contribution in [2.75, 3.05) is 29.4 Å². The second-order valence-corrected chi connectivity index (χ2v) is 7.28. The van der Waals surface area contributed by atoms with Crippen molar-refractivity contribution < 1.29 is 4.52 Å². The molecular weight excluding hydrogens is 316 g/mol. The van der Waals surface area contributed by atoms with Crippen LogP contribution in [0.25, 0.3) is 0 Å². The minimum absolute atomic E-state index is 0.139. The third kappa shape index (κ3) is 3.32. The van der Waals surface area contributed by atoms with Crippen molar-refractivity contribution in [2.45, 2.75) is 57.9 Å². The van der Waals surface area contributed by atoms with Gasteiger partial charge in [0.2, 0.25) is 5.89 Å². The Labute approximate surface area is 148 Å². The molecule has 7 nitrogen and oxygen atoms in total. The lowest BCUT2D eigenvalue weighted by molar-refractivity contribution is 0.358. The molecule has 1 unspecified atom stereocenters. The van der Waals surface area contributed by atoms with E-state index in [2.05, 4.69) is 49.8 Å². The number of piperidine rings is 1. The van der Waals surface area contributed by atoms with Crippen molar-refractivity contribution in [1.29, 1.82) is 0 Å². The van der Waals surface area contributed by atoms with Crippen LogP contribution in [0.4, 0.5) is 11.6 Å². The molecular formula is C18H26N6O. The van der Waals surface area contributed by atoms with Crippen LogP contribution in [0.3, 0.4) is 0 Å². The Morgan fingerprint density at radius 1 is 1.04 bits per heavy atom. The summed E-state index contributed by atoms with van der Waals surface area (Å²) in [4.78, 5) is 18.3. The summed E-state index contributed by atoms with van der Waals surface area (Å²) in [6.07, 6.45) is 7.63. The lowest BCUT2D eigenvalue weighted by Crippen LogP contribution is -2.31. The van der Waals surface area contributed by atoms with Gasteiger partial charge in [0, 0.05) is 31.6 Å². The van der Waals surface area contributed by atoms with E-state index in [4.69, 9.17) is 4.52 Å². The molecule has 0 N–H and O–H groups in total. The van der Waals surface area contributed by atoms with Crippen molar-refractivity contribution >= 4 is 11.6 Å². The quantitative estimate of drug-likeness (QED) is 0.844. The van der Waals surface area contributed by atoms with E-state index in [1.54, 1.807) is 6.33 Å². The van der Waals surface area contributed by atoms with Crippen LogP contribution in [-0.4, -0.2) is 39.7 Å². The summed E-state index contributed by atoms with van der Waals surface area (Å²) in [7, 11) is 0. The third-order valence-electron chi connectivity index (χ3n) is 5.11. The molecule has 2 aliphatic heterocycles. The normalized spacial score (nSPS) is 21.3. The van der Waals surface area contributed by atoms with Gasteiger partial charge in [-0.15, -0.1) is 0 Å².